The Balaban J connectivity index is 2.32. The second kappa shape index (κ2) is 7.48. The van der Waals surface area contributed by atoms with Gasteiger partial charge in [0.1, 0.15) is 0 Å². The number of nitrogens with zero attached hydrogens (tertiary/aromatic N) is 1. The van der Waals surface area contributed by atoms with Crippen LogP contribution in [-0.4, -0.2) is 65.9 Å². The van der Waals surface area contributed by atoms with Crippen molar-refractivity contribution in [2.24, 2.45) is 0 Å². The molecule has 1 fully saturated rings. The van der Waals surface area contributed by atoms with E-state index in [0.29, 0.717) is 5.25 Å². The van der Waals surface area contributed by atoms with Gasteiger partial charge in [0, 0.05) is 37.7 Å². The van der Waals surface area contributed by atoms with Crippen molar-refractivity contribution in [1.82, 2.24) is 10.2 Å². The molecule has 0 aromatic carbocycles. The molecular formula is C11H20N2O4S. The number of urea groups is 1. The summed E-state index contributed by atoms with van der Waals surface area (Å²) in [6.45, 7) is 3.77. The summed E-state index contributed by atoms with van der Waals surface area (Å²) in [7, 11) is 1.44. The monoisotopic (exact) mass is 276 g/mol. The van der Waals surface area contributed by atoms with Crippen LogP contribution in [0.3, 0.4) is 0 Å². The van der Waals surface area contributed by atoms with Crippen LogP contribution in [0, 0.1) is 0 Å². The first-order chi connectivity index (χ1) is 8.52. The molecule has 1 heterocycles. The number of carbonyl (C=O) groups excluding carboxylic acids is 1. The highest BCUT2D eigenvalue weighted by molar-refractivity contribution is 7.99. The first-order valence-electron chi connectivity index (χ1n) is 5.92. The number of ether oxygens (including phenoxy) is 1. The number of rotatable bonds is 5. The van der Waals surface area contributed by atoms with Crippen molar-refractivity contribution in [2.45, 2.75) is 24.7 Å². The highest BCUT2D eigenvalue weighted by Crippen LogP contribution is 2.17. The molecule has 1 aliphatic heterocycles. The minimum Gasteiger partial charge on any atom is -0.481 e. The van der Waals surface area contributed by atoms with Gasteiger partial charge >= 0.3 is 12.0 Å². The summed E-state index contributed by atoms with van der Waals surface area (Å²) >= 11 is 1.85. The Morgan fingerprint density at radius 2 is 2.33 bits per heavy atom. The lowest BCUT2D eigenvalue weighted by atomic mass is 10.2. The van der Waals surface area contributed by atoms with E-state index < -0.39 is 12.1 Å². The molecule has 2 atom stereocenters. The summed E-state index contributed by atoms with van der Waals surface area (Å²) in [5.41, 5.74) is 0. The Morgan fingerprint density at radius 1 is 1.61 bits per heavy atom. The molecule has 0 aromatic heterocycles. The van der Waals surface area contributed by atoms with Gasteiger partial charge in [-0.3, -0.25) is 4.79 Å². The molecule has 2 N–H and O–H groups in total. The van der Waals surface area contributed by atoms with Gasteiger partial charge in [-0.1, -0.05) is 6.92 Å². The molecule has 104 valence electrons. The van der Waals surface area contributed by atoms with E-state index in [4.69, 9.17) is 9.84 Å². The summed E-state index contributed by atoms with van der Waals surface area (Å²) in [6, 6.07) is -0.144. The van der Waals surface area contributed by atoms with E-state index in [2.05, 4.69) is 12.2 Å². The van der Waals surface area contributed by atoms with Crippen molar-refractivity contribution in [3.8, 4) is 0 Å². The molecule has 2 amide bonds. The summed E-state index contributed by atoms with van der Waals surface area (Å²) in [5, 5.41) is 11.8. The Labute approximate surface area is 111 Å². The molecule has 0 radical (unpaired) electrons. The van der Waals surface area contributed by atoms with Gasteiger partial charge in [0.25, 0.3) is 0 Å². The fraction of sp³-hybridized carbons (Fsp3) is 0.818. The number of amides is 2. The third-order valence-corrected chi connectivity index (χ3v) is 3.88. The van der Waals surface area contributed by atoms with Crippen LogP contribution < -0.4 is 5.32 Å². The molecular weight excluding hydrogens is 256 g/mol. The van der Waals surface area contributed by atoms with Crippen molar-refractivity contribution < 1.29 is 19.4 Å². The highest BCUT2D eigenvalue weighted by Gasteiger charge is 2.22. The number of nitrogens with one attached hydrogen (secondary N) is 1. The second-order valence-electron chi connectivity index (χ2n) is 4.27. The molecule has 0 aromatic rings. The molecule has 18 heavy (non-hydrogen) atoms. The van der Waals surface area contributed by atoms with Crippen LogP contribution >= 0.6 is 11.8 Å². The molecule has 2 unspecified atom stereocenters. The lowest BCUT2D eigenvalue weighted by Gasteiger charge is -2.31. The number of hydrogen-bond acceptors (Lipinski definition) is 4. The first-order valence-corrected chi connectivity index (χ1v) is 6.96. The maximum Gasteiger partial charge on any atom is 0.317 e. The van der Waals surface area contributed by atoms with E-state index in [1.807, 2.05) is 11.8 Å². The summed E-state index contributed by atoms with van der Waals surface area (Å²) in [4.78, 5) is 24.2. The molecule has 7 heteroatoms. The Bertz CT molecular complexity index is 301. The minimum absolute atomic E-state index is 0.108. The van der Waals surface area contributed by atoms with Crippen LogP contribution in [0.5, 0.6) is 0 Å². The van der Waals surface area contributed by atoms with Crippen LogP contribution in [0.15, 0.2) is 0 Å². The summed E-state index contributed by atoms with van der Waals surface area (Å²) in [5.74, 6) is 0.0105. The summed E-state index contributed by atoms with van der Waals surface area (Å²) in [6.07, 6.45) is -0.591. The maximum absolute atomic E-state index is 11.9. The van der Waals surface area contributed by atoms with Gasteiger partial charge in [-0.15, -0.1) is 0 Å². The number of carbonyl (C=O) groups is 2. The molecule has 0 bridgehead atoms. The van der Waals surface area contributed by atoms with Gasteiger partial charge in [0.05, 0.1) is 12.5 Å². The Kier molecular flexibility index (Phi) is 6.28. The van der Waals surface area contributed by atoms with E-state index in [1.54, 1.807) is 4.90 Å². The van der Waals surface area contributed by atoms with Gasteiger partial charge in [-0.2, -0.15) is 11.8 Å². The van der Waals surface area contributed by atoms with E-state index in [9.17, 15) is 9.59 Å². The number of aliphatic carboxylic acids is 1. The molecule has 1 aliphatic rings. The van der Waals surface area contributed by atoms with Crippen molar-refractivity contribution in [3.05, 3.63) is 0 Å². The zero-order chi connectivity index (χ0) is 13.5. The third kappa shape index (κ3) is 5.14. The van der Waals surface area contributed by atoms with E-state index >= 15 is 0 Å². The standard InChI is InChI=1S/C11H20N2O4S/c1-8-7-13(3-4-18-8)11(16)12-6-9(17-2)5-10(14)15/h8-9H,3-7H2,1-2H3,(H,12,16)(H,14,15). The van der Waals surface area contributed by atoms with E-state index in [0.717, 1.165) is 18.8 Å². The van der Waals surface area contributed by atoms with Crippen LogP contribution in [-0.2, 0) is 9.53 Å². The predicted octanol–water partition coefficient (Wildman–Crippen LogP) is 0.623. The van der Waals surface area contributed by atoms with E-state index in [1.165, 1.54) is 7.11 Å². The summed E-state index contributed by atoms with van der Waals surface area (Å²) < 4.78 is 5.00. The van der Waals surface area contributed by atoms with Gasteiger partial charge in [-0.25, -0.2) is 4.79 Å². The molecule has 0 spiro atoms. The van der Waals surface area contributed by atoms with Gasteiger partial charge in [0.15, 0.2) is 0 Å². The number of methoxy groups -OCH3 is 1. The van der Waals surface area contributed by atoms with E-state index in [-0.39, 0.29) is 19.0 Å². The maximum atomic E-state index is 11.9. The SMILES string of the molecule is COC(CNC(=O)N1CCSC(C)C1)CC(=O)O. The molecule has 1 saturated heterocycles. The molecule has 0 aliphatic carbocycles. The lowest BCUT2D eigenvalue weighted by molar-refractivity contribution is -0.139. The largest absolute Gasteiger partial charge is 0.481 e. The molecule has 6 nitrogen and oxygen atoms in total. The van der Waals surface area contributed by atoms with Gasteiger partial charge in [0.2, 0.25) is 0 Å². The fourth-order valence-corrected chi connectivity index (χ4v) is 2.76. The molecule has 0 saturated carbocycles. The zero-order valence-electron chi connectivity index (χ0n) is 10.7. The lowest BCUT2D eigenvalue weighted by Crippen LogP contribution is -2.48. The Hall–Kier alpha value is -0.950. The quantitative estimate of drug-likeness (QED) is 0.769. The third-order valence-electron chi connectivity index (χ3n) is 2.74. The fourth-order valence-electron chi connectivity index (χ4n) is 1.75. The minimum atomic E-state index is -0.931. The van der Waals surface area contributed by atoms with Crippen LogP contribution in [0.4, 0.5) is 4.79 Å². The number of carboxylic acids is 1. The smallest absolute Gasteiger partial charge is 0.317 e. The first kappa shape index (κ1) is 15.1. The van der Waals surface area contributed by atoms with Crippen LogP contribution in [0.2, 0.25) is 0 Å². The van der Waals surface area contributed by atoms with Crippen LogP contribution in [0.25, 0.3) is 0 Å². The topological polar surface area (TPSA) is 78.9 Å². The highest BCUT2D eigenvalue weighted by atomic mass is 32.2. The average molecular weight is 276 g/mol. The number of thioether (sulfide) groups is 1. The average Bonchev–Trinajstić information content (AvgIpc) is 2.33. The van der Waals surface area contributed by atoms with Crippen molar-refractivity contribution in [2.75, 3.05) is 32.5 Å². The Morgan fingerprint density at radius 3 is 2.89 bits per heavy atom. The van der Waals surface area contributed by atoms with Crippen molar-refractivity contribution in [3.63, 3.8) is 0 Å². The second-order valence-corrected chi connectivity index (χ2v) is 5.82. The number of carboxylic acid groups (broad SMARTS) is 1. The predicted molar refractivity (Wildman–Crippen MR) is 69.9 cm³/mol. The zero-order valence-corrected chi connectivity index (χ0v) is 11.5. The van der Waals surface area contributed by atoms with Crippen molar-refractivity contribution in [1.29, 1.82) is 0 Å². The normalized spacial score (nSPS) is 21.4. The van der Waals surface area contributed by atoms with Crippen molar-refractivity contribution >= 4 is 23.8 Å². The molecule has 1 rings (SSSR count). The van der Waals surface area contributed by atoms with Gasteiger partial charge in [-0.05, 0) is 0 Å². The number of hydrogen-bond donors (Lipinski definition) is 2. The van der Waals surface area contributed by atoms with Gasteiger partial charge < -0.3 is 20.1 Å². The van der Waals surface area contributed by atoms with Crippen LogP contribution in [0.1, 0.15) is 13.3 Å².